The maximum Gasteiger partial charge on any atom is 0.244 e. The number of nitrogens with one attached hydrogen (secondary N) is 1. The van der Waals surface area contributed by atoms with Crippen LogP contribution in [-0.2, 0) is 15.8 Å². The summed E-state index contributed by atoms with van der Waals surface area (Å²) in [5.74, 6) is -0.371. The lowest BCUT2D eigenvalue weighted by Crippen LogP contribution is -2.26. The minimum absolute atomic E-state index is 0. The second-order valence-corrected chi connectivity index (χ2v) is 8.52. The lowest BCUT2D eigenvalue weighted by Gasteiger charge is -2.22. The van der Waals surface area contributed by atoms with Gasteiger partial charge in [0.15, 0.2) is 5.65 Å². The fraction of sp³-hybridized carbons (Fsp3) is 0.316. The van der Waals surface area contributed by atoms with Gasteiger partial charge >= 0.3 is 0 Å². The van der Waals surface area contributed by atoms with Gasteiger partial charge in [-0.05, 0) is 49.0 Å². The number of hydrogen-bond donors (Lipinski definition) is 1. The Morgan fingerprint density at radius 2 is 1.89 bits per heavy atom. The van der Waals surface area contributed by atoms with E-state index in [1.807, 2.05) is 18.2 Å². The predicted molar refractivity (Wildman–Crippen MR) is 106 cm³/mol. The highest BCUT2D eigenvalue weighted by molar-refractivity contribution is 7.89. The molecule has 0 radical (unpaired) electrons. The third-order valence-corrected chi connectivity index (χ3v) is 6.46. The quantitative estimate of drug-likeness (QED) is 0.716. The molecule has 1 fully saturated rings. The molecule has 1 aromatic carbocycles. The molecule has 8 heteroatoms. The average molecular weight is 410 g/mol. The standard InChI is InChI=1S/C19H20FN3O2S.ClH/c20-16-10-17-18(15-6-8-21-9-7-15)12-23(19(17)22-11-16)26(24,25)13-14-4-2-1-3-5-14;/h1-5,10-12,15,21H,6-9,13H2;1H. The van der Waals surface area contributed by atoms with Gasteiger partial charge in [-0.25, -0.2) is 21.8 Å². The summed E-state index contributed by atoms with van der Waals surface area (Å²) in [7, 11) is -3.65. The molecule has 0 spiro atoms. The monoisotopic (exact) mass is 409 g/mol. The summed E-state index contributed by atoms with van der Waals surface area (Å²) in [6, 6.07) is 10.4. The summed E-state index contributed by atoms with van der Waals surface area (Å²) in [5.41, 5.74) is 1.88. The van der Waals surface area contributed by atoms with Crippen molar-refractivity contribution in [2.75, 3.05) is 13.1 Å². The highest BCUT2D eigenvalue weighted by atomic mass is 35.5. The highest BCUT2D eigenvalue weighted by Gasteiger charge is 2.25. The third kappa shape index (κ3) is 4.00. The summed E-state index contributed by atoms with van der Waals surface area (Å²) in [6.45, 7) is 1.74. The van der Waals surface area contributed by atoms with Crippen LogP contribution in [0.3, 0.4) is 0 Å². The van der Waals surface area contributed by atoms with E-state index in [1.54, 1.807) is 18.3 Å². The lowest BCUT2D eigenvalue weighted by atomic mass is 9.90. The Morgan fingerprint density at radius 1 is 1.19 bits per heavy atom. The predicted octanol–water partition coefficient (Wildman–Crippen LogP) is 3.44. The van der Waals surface area contributed by atoms with Crippen LogP contribution in [0.4, 0.5) is 4.39 Å². The molecule has 1 N–H and O–H groups in total. The van der Waals surface area contributed by atoms with Crippen molar-refractivity contribution in [2.24, 2.45) is 0 Å². The van der Waals surface area contributed by atoms with Crippen LogP contribution in [0.15, 0.2) is 48.8 Å². The minimum atomic E-state index is -3.65. The SMILES string of the molecule is Cl.O=S(=O)(Cc1ccccc1)n1cc(C2CCNCC2)c2cc(F)cnc21. The Bertz CT molecular complexity index is 1030. The molecule has 0 unspecified atom stereocenters. The zero-order valence-electron chi connectivity index (χ0n) is 14.6. The van der Waals surface area contributed by atoms with Crippen molar-refractivity contribution >= 4 is 33.5 Å². The fourth-order valence-electron chi connectivity index (χ4n) is 3.60. The Balaban J connectivity index is 0.00000210. The van der Waals surface area contributed by atoms with E-state index in [9.17, 15) is 12.8 Å². The van der Waals surface area contributed by atoms with Gasteiger partial charge in [-0.15, -0.1) is 12.4 Å². The van der Waals surface area contributed by atoms with E-state index in [0.29, 0.717) is 16.6 Å². The number of fused-ring (bicyclic) bond motifs is 1. The van der Waals surface area contributed by atoms with Gasteiger partial charge in [0.25, 0.3) is 0 Å². The zero-order chi connectivity index (χ0) is 18.1. The normalized spacial score (nSPS) is 15.6. The molecule has 3 heterocycles. The maximum atomic E-state index is 13.8. The Hall–Kier alpha value is -1.96. The molecule has 0 amide bonds. The first-order valence-electron chi connectivity index (χ1n) is 8.69. The van der Waals surface area contributed by atoms with Gasteiger partial charge in [0.1, 0.15) is 5.82 Å². The second kappa shape index (κ2) is 7.96. The molecule has 0 atom stereocenters. The first-order valence-corrected chi connectivity index (χ1v) is 10.3. The van der Waals surface area contributed by atoms with Crippen molar-refractivity contribution in [1.29, 1.82) is 0 Å². The van der Waals surface area contributed by atoms with E-state index in [1.165, 1.54) is 10.0 Å². The number of hydrogen-bond acceptors (Lipinski definition) is 4. The van der Waals surface area contributed by atoms with Crippen molar-refractivity contribution in [3.05, 3.63) is 65.7 Å². The van der Waals surface area contributed by atoms with E-state index in [4.69, 9.17) is 0 Å². The van der Waals surface area contributed by atoms with Crippen molar-refractivity contribution in [3.63, 3.8) is 0 Å². The molecule has 2 aromatic heterocycles. The molecule has 1 saturated heterocycles. The number of halogens is 2. The van der Waals surface area contributed by atoms with Crippen LogP contribution in [0.1, 0.15) is 29.9 Å². The van der Waals surface area contributed by atoms with E-state index in [-0.39, 0.29) is 24.1 Å². The van der Waals surface area contributed by atoms with Crippen LogP contribution in [0.25, 0.3) is 11.0 Å². The van der Waals surface area contributed by atoms with Crippen LogP contribution in [0, 0.1) is 5.82 Å². The molecule has 3 aromatic rings. The molecular weight excluding hydrogens is 389 g/mol. The Morgan fingerprint density at radius 3 is 2.59 bits per heavy atom. The van der Waals surface area contributed by atoms with Gasteiger partial charge in [-0.2, -0.15) is 0 Å². The number of pyridine rings is 1. The molecule has 144 valence electrons. The Labute approximate surface area is 164 Å². The molecule has 0 saturated carbocycles. The van der Waals surface area contributed by atoms with E-state index < -0.39 is 15.8 Å². The van der Waals surface area contributed by atoms with Gasteiger partial charge in [-0.3, -0.25) is 0 Å². The third-order valence-electron chi connectivity index (χ3n) is 4.88. The largest absolute Gasteiger partial charge is 0.317 e. The minimum Gasteiger partial charge on any atom is -0.317 e. The van der Waals surface area contributed by atoms with Gasteiger partial charge in [0, 0.05) is 11.6 Å². The van der Waals surface area contributed by atoms with Crippen molar-refractivity contribution < 1.29 is 12.8 Å². The van der Waals surface area contributed by atoms with Crippen LogP contribution in [0.5, 0.6) is 0 Å². The molecule has 5 nitrogen and oxygen atoms in total. The summed E-state index contributed by atoms with van der Waals surface area (Å²) in [5, 5.41) is 3.89. The van der Waals surface area contributed by atoms with Crippen LogP contribution < -0.4 is 5.32 Å². The first-order chi connectivity index (χ1) is 12.5. The number of aromatic nitrogens is 2. The molecule has 0 aliphatic carbocycles. The first kappa shape index (κ1) is 19.8. The van der Waals surface area contributed by atoms with Crippen LogP contribution >= 0.6 is 12.4 Å². The van der Waals surface area contributed by atoms with E-state index >= 15 is 0 Å². The molecular formula is C19H21ClFN3O2S. The second-order valence-electron chi connectivity index (χ2n) is 6.67. The average Bonchev–Trinajstić information content (AvgIpc) is 3.02. The summed E-state index contributed by atoms with van der Waals surface area (Å²) < 4.78 is 41.1. The van der Waals surface area contributed by atoms with E-state index in [0.717, 1.165) is 37.7 Å². The Kier molecular flexibility index (Phi) is 5.83. The number of nitrogens with zero attached hydrogens (tertiary/aromatic N) is 2. The highest BCUT2D eigenvalue weighted by Crippen LogP contribution is 2.33. The maximum absolute atomic E-state index is 13.8. The summed E-state index contributed by atoms with van der Waals surface area (Å²) in [6.07, 6.45) is 4.51. The van der Waals surface area contributed by atoms with Gasteiger partial charge < -0.3 is 5.32 Å². The fourth-order valence-corrected chi connectivity index (χ4v) is 5.04. The van der Waals surface area contributed by atoms with Crippen molar-refractivity contribution in [2.45, 2.75) is 24.5 Å². The number of benzene rings is 1. The summed E-state index contributed by atoms with van der Waals surface area (Å²) >= 11 is 0. The van der Waals surface area contributed by atoms with Crippen LogP contribution in [0.2, 0.25) is 0 Å². The van der Waals surface area contributed by atoms with Crippen LogP contribution in [-0.4, -0.2) is 30.5 Å². The molecule has 4 rings (SSSR count). The van der Waals surface area contributed by atoms with Gasteiger partial charge in [0.05, 0.1) is 11.9 Å². The smallest absolute Gasteiger partial charge is 0.244 e. The molecule has 1 aliphatic rings. The molecule has 1 aliphatic heterocycles. The number of piperidine rings is 1. The van der Waals surface area contributed by atoms with Gasteiger partial charge in [-0.1, -0.05) is 30.3 Å². The zero-order valence-corrected chi connectivity index (χ0v) is 16.3. The molecule has 27 heavy (non-hydrogen) atoms. The van der Waals surface area contributed by atoms with E-state index in [2.05, 4.69) is 10.3 Å². The topological polar surface area (TPSA) is 64.0 Å². The van der Waals surface area contributed by atoms with Crippen molar-refractivity contribution in [3.8, 4) is 0 Å². The van der Waals surface area contributed by atoms with Crippen molar-refractivity contribution in [1.82, 2.24) is 14.3 Å². The molecule has 0 bridgehead atoms. The summed E-state index contributed by atoms with van der Waals surface area (Å²) in [4.78, 5) is 4.10. The number of rotatable bonds is 4. The van der Waals surface area contributed by atoms with Gasteiger partial charge in [0.2, 0.25) is 10.0 Å². The lowest BCUT2D eigenvalue weighted by molar-refractivity contribution is 0.462.